The largest absolute Gasteiger partial charge is 0.298 e. The van der Waals surface area contributed by atoms with E-state index < -0.39 is 9.84 Å². The quantitative estimate of drug-likeness (QED) is 0.759. The highest BCUT2D eigenvalue weighted by molar-refractivity contribution is 7.91. The third-order valence-electron chi connectivity index (χ3n) is 5.14. The predicted molar refractivity (Wildman–Crippen MR) is 77.0 cm³/mol. The van der Waals surface area contributed by atoms with E-state index in [9.17, 15) is 8.42 Å². The SMILES string of the molecule is CC1CN2CCCCC2CN1CC1CCS(=O)(=O)C1. The van der Waals surface area contributed by atoms with Crippen molar-refractivity contribution in [3.8, 4) is 0 Å². The molecule has 0 saturated carbocycles. The molecule has 4 nitrogen and oxygen atoms in total. The number of sulfone groups is 1. The van der Waals surface area contributed by atoms with Crippen molar-refractivity contribution in [2.75, 3.05) is 37.7 Å². The van der Waals surface area contributed by atoms with Crippen molar-refractivity contribution in [1.82, 2.24) is 9.80 Å². The second-order valence-electron chi connectivity index (χ2n) is 6.72. The number of hydrogen-bond donors (Lipinski definition) is 0. The molecule has 3 aliphatic rings. The Kier molecular flexibility index (Phi) is 3.89. The molecule has 19 heavy (non-hydrogen) atoms. The van der Waals surface area contributed by atoms with Gasteiger partial charge in [0.15, 0.2) is 9.84 Å². The van der Waals surface area contributed by atoms with Crippen molar-refractivity contribution in [2.45, 2.75) is 44.7 Å². The van der Waals surface area contributed by atoms with Crippen molar-refractivity contribution in [2.24, 2.45) is 5.92 Å². The number of fused-ring (bicyclic) bond motifs is 1. The molecule has 0 spiro atoms. The minimum atomic E-state index is -2.72. The summed E-state index contributed by atoms with van der Waals surface area (Å²) < 4.78 is 23.1. The molecule has 110 valence electrons. The summed E-state index contributed by atoms with van der Waals surface area (Å²) in [6, 6.07) is 1.31. The fourth-order valence-corrected chi connectivity index (χ4v) is 5.86. The Labute approximate surface area is 117 Å². The van der Waals surface area contributed by atoms with Crippen molar-refractivity contribution in [3.05, 3.63) is 0 Å². The highest BCUT2D eigenvalue weighted by Crippen LogP contribution is 2.26. The van der Waals surface area contributed by atoms with E-state index in [2.05, 4.69) is 16.7 Å². The summed E-state index contributed by atoms with van der Waals surface area (Å²) in [6.07, 6.45) is 4.91. The van der Waals surface area contributed by atoms with Gasteiger partial charge in [0.25, 0.3) is 0 Å². The first-order chi connectivity index (χ1) is 9.03. The van der Waals surface area contributed by atoms with Crippen LogP contribution < -0.4 is 0 Å². The molecule has 0 amide bonds. The lowest BCUT2D eigenvalue weighted by molar-refractivity contribution is 0.00931. The Morgan fingerprint density at radius 2 is 2.00 bits per heavy atom. The molecule has 3 rings (SSSR count). The van der Waals surface area contributed by atoms with Gasteiger partial charge >= 0.3 is 0 Å². The molecule has 3 unspecified atom stereocenters. The van der Waals surface area contributed by atoms with Gasteiger partial charge in [-0.3, -0.25) is 9.80 Å². The van der Waals surface area contributed by atoms with Crippen LogP contribution in [0.4, 0.5) is 0 Å². The number of rotatable bonds is 2. The van der Waals surface area contributed by atoms with E-state index in [-0.39, 0.29) is 0 Å². The van der Waals surface area contributed by atoms with Gasteiger partial charge in [-0.15, -0.1) is 0 Å². The third kappa shape index (κ3) is 3.14. The van der Waals surface area contributed by atoms with Crippen LogP contribution in [-0.2, 0) is 9.84 Å². The Bertz CT molecular complexity index is 423. The number of piperidine rings is 1. The Morgan fingerprint density at radius 1 is 1.16 bits per heavy atom. The molecule has 3 fully saturated rings. The minimum absolute atomic E-state index is 0.377. The van der Waals surface area contributed by atoms with Gasteiger partial charge in [0.2, 0.25) is 0 Å². The average molecular weight is 286 g/mol. The minimum Gasteiger partial charge on any atom is -0.298 e. The molecule has 5 heteroatoms. The van der Waals surface area contributed by atoms with Gasteiger partial charge in [0.1, 0.15) is 0 Å². The van der Waals surface area contributed by atoms with E-state index >= 15 is 0 Å². The van der Waals surface area contributed by atoms with Crippen molar-refractivity contribution >= 4 is 9.84 Å². The Hall–Kier alpha value is -0.130. The maximum atomic E-state index is 11.6. The van der Waals surface area contributed by atoms with Crippen molar-refractivity contribution in [3.63, 3.8) is 0 Å². The topological polar surface area (TPSA) is 40.6 Å². The summed E-state index contributed by atoms with van der Waals surface area (Å²) in [4.78, 5) is 5.20. The first-order valence-corrected chi connectivity index (χ1v) is 9.54. The first kappa shape index (κ1) is 13.8. The van der Waals surface area contributed by atoms with Crippen LogP contribution in [0, 0.1) is 5.92 Å². The van der Waals surface area contributed by atoms with E-state index in [0.717, 1.165) is 25.6 Å². The van der Waals surface area contributed by atoms with Crippen LogP contribution in [0.2, 0.25) is 0 Å². The van der Waals surface area contributed by atoms with Gasteiger partial charge in [-0.2, -0.15) is 0 Å². The lowest BCUT2D eigenvalue weighted by Crippen LogP contribution is -2.59. The van der Waals surface area contributed by atoms with E-state index in [0.29, 0.717) is 23.5 Å². The lowest BCUT2D eigenvalue weighted by atomic mass is 9.96. The zero-order valence-electron chi connectivity index (χ0n) is 11.9. The van der Waals surface area contributed by atoms with Crippen LogP contribution in [-0.4, -0.2) is 68.0 Å². The zero-order valence-corrected chi connectivity index (χ0v) is 12.7. The second-order valence-corrected chi connectivity index (χ2v) is 8.95. The van der Waals surface area contributed by atoms with E-state index in [1.165, 1.54) is 32.4 Å². The van der Waals surface area contributed by atoms with E-state index in [1.54, 1.807) is 0 Å². The molecule has 0 aromatic heterocycles. The highest BCUT2D eigenvalue weighted by Gasteiger charge is 2.36. The van der Waals surface area contributed by atoms with Crippen LogP contribution >= 0.6 is 0 Å². The summed E-state index contributed by atoms with van der Waals surface area (Å²) in [6.45, 7) is 6.88. The molecule has 0 N–H and O–H groups in total. The molecule has 0 radical (unpaired) electrons. The van der Waals surface area contributed by atoms with Crippen LogP contribution in [0.15, 0.2) is 0 Å². The normalized spacial score (nSPS) is 40.2. The number of hydrogen-bond acceptors (Lipinski definition) is 4. The maximum absolute atomic E-state index is 11.6. The first-order valence-electron chi connectivity index (χ1n) is 7.72. The van der Waals surface area contributed by atoms with Gasteiger partial charge in [0.05, 0.1) is 11.5 Å². The lowest BCUT2D eigenvalue weighted by Gasteiger charge is -2.48. The molecule has 3 atom stereocenters. The van der Waals surface area contributed by atoms with Gasteiger partial charge in [-0.25, -0.2) is 8.42 Å². The molecule has 0 aromatic carbocycles. The second kappa shape index (κ2) is 5.34. The van der Waals surface area contributed by atoms with Gasteiger partial charge < -0.3 is 0 Å². The molecule has 0 aromatic rings. The molecule has 3 saturated heterocycles. The summed E-state index contributed by atoms with van der Waals surface area (Å²) in [5.74, 6) is 1.21. The monoisotopic (exact) mass is 286 g/mol. The standard InChI is InChI=1S/C14H26N2O2S/c1-12-8-15-6-3-2-4-14(15)10-16(12)9-13-5-7-19(17,18)11-13/h12-14H,2-11H2,1H3. The number of piperazine rings is 1. The third-order valence-corrected chi connectivity index (χ3v) is 6.97. The summed E-state index contributed by atoms with van der Waals surface area (Å²) in [5.41, 5.74) is 0. The summed E-state index contributed by atoms with van der Waals surface area (Å²) in [7, 11) is -2.72. The fourth-order valence-electron chi connectivity index (χ4n) is 4.01. The van der Waals surface area contributed by atoms with Crippen LogP contribution in [0.1, 0.15) is 32.6 Å². The van der Waals surface area contributed by atoms with Crippen molar-refractivity contribution < 1.29 is 8.42 Å². The summed E-state index contributed by atoms with van der Waals surface area (Å²) in [5, 5.41) is 0. The van der Waals surface area contributed by atoms with Crippen LogP contribution in [0.5, 0.6) is 0 Å². The summed E-state index contributed by atoms with van der Waals surface area (Å²) >= 11 is 0. The molecular weight excluding hydrogens is 260 g/mol. The van der Waals surface area contributed by atoms with Crippen LogP contribution in [0.3, 0.4) is 0 Å². The Balaban J connectivity index is 1.59. The van der Waals surface area contributed by atoms with E-state index in [4.69, 9.17) is 0 Å². The number of nitrogens with zero attached hydrogens (tertiary/aromatic N) is 2. The molecular formula is C14H26N2O2S. The fraction of sp³-hybridized carbons (Fsp3) is 1.00. The van der Waals surface area contributed by atoms with Gasteiger partial charge in [-0.05, 0) is 38.6 Å². The smallest absolute Gasteiger partial charge is 0.150 e. The van der Waals surface area contributed by atoms with Crippen molar-refractivity contribution in [1.29, 1.82) is 0 Å². The molecule has 0 aliphatic carbocycles. The van der Waals surface area contributed by atoms with Crippen LogP contribution in [0.25, 0.3) is 0 Å². The maximum Gasteiger partial charge on any atom is 0.150 e. The molecule has 3 aliphatic heterocycles. The predicted octanol–water partition coefficient (Wildman–Crippen LogP) is 0.980. The van der Waals surface area contributed by atoms with Gasteiger partial charge in [0, 0.05) is 31.7 Å². The zero-order chi connectivity index (χ0) is 13.5. The van der Waals surface area contributed by atoms with Gasteiger partial charge in [-0.1, -0.05) is 6.42 Å². The molecule has 3 heterocycles. The van der Waals surface area contributed by atoms with E-state index in [1.807, 2.05) is 0 Å². The molecule has 0 bridgehead atoms. The Morgan fingerprint density at radius 3 is 2.74 bits per heavy atom. The average Bonchev–Trinajstić information content (AvgIpc) is 2.70. The highest BCUT2D eigenvalue weighted by atomic mass is 32.2.